The maximum Gasteiger partial charge on any atom is 0.243 e. The zero-order chi connectivity index (χ0) is 14.6. The first-order valence-electron chi connectivity index (χ1n) is 5.67. The van der Waals surface area contributed by atoms with Gasteiger partial charge in [0.15, 0.2) is 0 Å². The molecule has 19 heavy (non-hydrogen) atoms. The molecule has 0 amide bonds. The van der Waals surface area contributed by atoms with E-state index >= 15 is 0 Å². The zero-order valence-corrected chi connectivity index (χ0v) is 12.9. The number of benzene rings is 1. The van der Waals surface area contributed by atoms with Crippen LogP contribution in [-0.2, 0) is 10.0 Å². The molecule has 0 bridgehead atoms. The SMILES string of the molecule is CCN(CC(C)C#N)S(=O)(=O)c1cc(Cl)cc(Cl)c1. The monoisotopic (exact) mass is 320 g/mol. The lowest BCUT2D eigenvalue weighted by atomic mass is 10.2. The van der Waals surface area contributed by atoms with Crippen molar-refractivity contribution in [1.29, 1.82) is 5.26 Å². The van der Waals surface area contributed by atoms with Crippen LogP contribution in [0.4, 0.5) is 0 Å². The first-order chi connectivity index (χ1) is 8.81. The van der Waals surface area contributed by atoms with Crippen molar-refractivity contribution in [3.63, 3.8) is 0 Å². The molecule has 0 heterocycles. The number of nitriles is 1. The Bertz CT molecular complexity index is 576. The van der Waals surface area contributed by atoms with E-state index in [1.807, 2.05) is 6.07 Å². The fourth-order valence-electron chi connectivity index (χ4n) is 1.57. The normalized spacial score (nSPS) is 13.3. The number of rotatable bonds is 5. The molecule has 0 aliphatic heterocycles. The fraction of sp³-hybridized carbons (Fsp3) is 0.417. The highest BCUT2D eigenvalue weighted by atomic mass is 35.5. The summed E-state index contributed by atoms with van der Waals surface area (Å²) in [5.74, 6) is -0.385. The van der Waals surface area contributed by atoms with Crippen LogP contribution in [-0.4, -0.2) is 25.8 Å². The Kier molecular flexibility index (Phi) is 5.63. The lowest BCUT2D eigenvalue weighted by Gasteiger charge is -2.21. The molecule has 0 spiro atoms. The molecular weight excluding hydrogens is 307 g/mol. The summed E-state index contributed by atoms with van der Waals surface area (Å²) in [5.41, 5.74) is 0. The Balaban J connectivity index is 3.17. The zero-order valence-electron chi connectivity index (χ0n) is 10.6. The van der Waals surface area contributed by atoms with Gasteiger partial charge in [-0.2, -0.15) is 9.57 Å². The second-order valence-corrected chi connectivity index (χ2v) is 6.90. The summed E-state index contributed by atoms with van der Waals surface area (Å²) in [7, 11) is -3.69. The number of hydrogen-bond acceptors (Lipinski definition) is 3. The van der Waals surface area contributed by atoms with Crippen molar-refractivity contribution in [1.82, 2.24) is 4.31 Å². The molecular formula is C12H14Cl2N2O2S. The van der Waals surface area contributed by atoms with Gasteiger partial charge in [-0.3, -0.25) is 0 Å². The van der Waals surface area contributed by atoms with Gasteiger partial charge in [-0.1, -0.05) is 30.1 Å². The van der Waals surface area contributed by atoms with Crippen LogP contribution in [0.3, 0.4) is 0 Å². The molecule has 0 fully saturated rings. The maximum atomic E-state index is 12.4. The van der Waals surface area contributed by atoms with Crippen LogP contribution in [0.2, 0.25) is 10.0 Å². The minimum absolute atomic E-state index is 0.0389. The Morgan fingerprint density at radius 1 is 1.32 bits per heavy atom. The molecule has 1 atom stereocenters. The van der Waals surface area contributed by atoms with E-state index < -0.39 is 10.0 Å². The van der Waals surface area contributed by atoms with Crippen LogP contribution < -0.4 is 0 Å². The molecule has 1 aromatic carbocycles. The smallest absolute Gasteiger partial charge is 0.207 e. The average molecular weight is 321 g/mol. The summed E-state index contributed by atoms with van der Waals surface area (Å²) in [6, 6.07) is 6.19. The van der Waals surface area contributed by atoms with E-state index in [0.29, 0.717) is 0 Å². The second-order valence-electron chi connectivity index (χ2n) is 4.09. The number of sulfonamides is 1. The van der Waals surface area contributed by atoms with E-state index in [2.05, 4.69) is 0 Å². The first-order valence-corrected chi connectivity index (χ1v) is 7.86. The van der Waals surface area contributed by atoms with E-state index in [1.54, 1.807) is 13.8 Å². The van der Waals surface area contributed by atoms with Crippen LogP contribution in [0.1, 0.15) is 13.8 Å². The maximum absolute atomic E-state index is 12.4. The summed E-state index contributed by atoms with van der Waals surface area (Å²) < 4.78 is 26.1. The van der Waals surface area contributed by atoms with Gasteiger partial charge in [-0.25, -0.2) is 8.42 Å². The molecule has 1 unspecified atom stereocenters. The predicted octanol–water partition coefficient (Wildman–Crippen LogP) is 3.16. The summed E-state index contributed by atoms with van der Waals surface area (Å²) in [6.45, 7) is 3.80. The molecule has 4 nitrogen and oxygen atoms in total. The molecule has 104 valence electrons. The molecule has 0 aliphatic rings. The van der Waals surface area contributed by atoms with E-state index in [1.165, 1.54) is 22.5 Å². The highest BCUT2D eigenvalue weighted by molar-refractivity contribution is 7.89. The third-order valence-corrected chi connectivity index (χ3v) is 4.88. The lowest BCUT2D eigenvalue weighted by Crippen LogP contribution is -2.34. The van der Waals surface area contributed by atoms with Gasteiger partial charge in [0, 0.05) is 23.1 Å². The molecule has 7 heteroatoms. The number of nitrogens with zero attached hydrogens (tertiary/aromatic N) is 2. The van der Waals surface area contributed by atoms with Crippen LogP contribution in [0, 0.1) is 17.2 Å². The van der Waals surface area contributed by atoms with Crippen molar-refractivity contribution in [3.05, 3.63) is 28.2 Å². The second kappa shape index (κ2) is 6.58. The molecule has 1 aromatic rings. The highest BCUT2D eigenvalue weighted by Crippen LogP contribution is 2.25. The van der Waals surface area contributed by atoms with Crippen LogP contribution in [0.15, 0.2) is 23.1 Å². The van der Waals surface area contributed by atoms with Crippen molar-refractivity contribution < 1.29 is 8.42 Å². The predicted molar refractivity (Wildman–Crippen MR) is 75.7 cm³/mol. The average Bonchev–Trinajstić information content (AvgIpc) is 2.34. The van der Waals surface area contributed by atoms with Gasteiger partial charge in [0.05, 0.1) is 16.9 Å². The first kappa shape index (κ1) is 16.3. The Hall–Kier alpha value is -0.800. The molecule has 0 saturated heterocycles. The largest absolute Gasteiger partial charge is 0.243 e. The van der Waals surface area contributed by atoms with Crippen molar-refractivity contribution in [3.8, 4) is 6.07 Å². The third-order valence-electron chi connectivity index (χ3n) is 2.52. The topological polar surface area (TPSA) is 61.2 Å². The highest BCUT2D eigenvalue weighted by Gasteiger charge is 2.25. The molecule has 0 aliphatic carbocycles. The van der Waals surface area contributed by atoms with Gasteiger partial charge in [-0.05, 0) is 25.1 Å². The van der Waals surface area contributed by atoms with Crippen molar-refractivity contribution >= 4 is 33.2 Å². The van der Waals surface area contributed by atoms with Crippen molar-refractivity contribution in [2.75, 3.05) is 13.1 Å². The van der Waals surface area contributed by atoms with E-state index in [9.17, 15) is 8.42 Å². The number of halogens is 2. The summed E-state index contributed by atoms with van der Waals surface area (Å²) in [6.07, 6.45) is 0. The van der Waals surface area contributed by atoms with Gasteiger partial charge in [0.2, 0.25) is 10.0 Å². The van der Waals surface area contributed by atoms with Gasteiger partial charge in [-0.15, -0.1) is 0 Å². The third kappa shape index (κ3) is 4.08. The molecule has 0 N–H and O–H groups in total. The van der Waals surface area contributed by atoms with E-state index in [0.717, 1.165) is 0 Å². The summed E-state index contributed by atoms with van der Waals surface area (Å²) in [4.78, 5) is 0.0389. The van der Waals surface area contributed by atoms with Crippen LogP contribution in [0.25, 0.3) is 0 Å². The van der Waals surface area contributed by atoms with Gasteiger partial charge in [0.1, 0.15) is 0 Å². The summed E-state index contributed by atoms with van der Waals surface area (Å²) in [5, 5.41) is 9.31. The molecule has 0 radical (unpaired) electrons. The minimum Gasteiger partial charge on any atom is -0.207 e. The van der Waals surface area contributed by atoms with Gasteiger partial charge < -0.3 is 0 Å². The fourth-order valence-corrected chi connectivity index (χ4v) is 3.84. The van der Waals surface area contributed by atoms with Crippen LogP contribution in [0.5, 0.6) is 0 Å². The van der Waals surface area contributed by atoms with Crippen molar-refractivity contribution in [2.24, 2.45) is 5.92 Å². The lowest BCUT2D eigenvalue weighted by molar-refractivity contribution is 0.400. The van der Waals surface area contributed by atoms with Crippen molar-refractivity contribution in [2.45, 2.75) is 18.7 Å². The van der Waals surface area contributed by atoms with E-state index in [-0.39, 0.29) is 33.9 Å². The molecule has 0 saturated carbocycles. The quantitative estimate of drug-likeness (QED) is 0.837. The molecule has 0 aromatic heterocycles. The van der Waals surface area contributed by atoms with Gasteiger partial charge >= 0.3 is 0 Å². The Morgan fingerprint density at radius 3 is 2.26 bits per heavy atom. The van der Waals surface area contributed by atoms with E-state index in [4.69, 9.17) is 28.5 Å². The Labute approximate surface area is 123 Å². The number of hydrogen-bond donors (Lipinski definition) is 0. The standard InChI is InChI=1S/C12H14Cl2N2O2S/c1-3-16(8-9(2)7-15)19(17,18)12-5-10(13)4-11(14)6-12/h4-6,9H,3,8H2,1-2H3. The van der Waals surface area contributed by atoms with Gasteiger partial charge in [0.25, 0.3) is 0 Å². The van der Waals surface area contributed by atoms with Crippen LogP contribution >= 0.6 is 23.2 Å². The molecule has 1 rings (SSSR count). The summed E-state index contributed by atoms with van der Waals surface area (Å²) >= 11 is 11.6. The Morgan fingerprint density at radius 2 is 1.84 bits per heavy atom. The minimum atomic E-state index is -3.69.